The fraction of sp³-hybridized carbons (Fsp3) is 0.565. The number of benzene rings is 1. The Kier molecular flexibility index (Phi) is 7.48. The van der Waals surface area contributed by atoms with E-state index >= 15 is 0 Å². The quantitative estimate of drug-likeness (QED) is 0.644. The molecule has 0 bridgehead atoms. The number of piperazine rings is 1. The van der Waals surface area contributed by atoms with E-state index in [2.05, 4.69) is 19.3 Å². The lowest BCUT2D eigenvalue weighted by Gasteiger charge is -2.32. The lowest BCUT2D eigenvalue weighted by atomic mass is 10.1. The number of hydrogen-bond acceptors (Lipinski definition) is 3. The molecule has 30 heavy (non-hydrogen) atoms. The minimum atomic E-state index is -0.408. The number of anilines is 1. The second-order valence-corrected chi connectivity index (χ2v) is 8.24. The van der Waals surface area contributed by atoms with E-state index in [1.54, 1.807) is 12.3 Å². The molecule has 0 atom stereocenters. The summed E-state index contributed by atoms with van der Waals surface area (Å²) < 4.78 is 16.8. The summed E-state index contributed by atoms with van der Waals surface area (Å²) in [6.07, 6.45) is 5.81. The SMILES string of the molecule is CCCCCCNC(=O)c1cn(CC)c2cc(N3CC[NH+](C)CC3)c(F)cc2c1=O. The maximum absolute atomic E-state index is 15.0. The number of carbonyl (C=O) groups excluding carboxylic acids is 1. The van der Waals surface area contributed by atoms with E-state index in [9.17, 15) is 14.0 Å². The van der Waals surface area contributed by atoms with E-state index in [-0.39, 0.29) is 16.9 Å². The van der Waals surface area contributed by atoms with Gasteiger partial charge in [-0.25, -0.2) is 4.39 Å². The molecule has 2 aromatic rings. The van der Waals surface area contributed by atoms with Crippen molar-refractivity contribution in [1.29, 1.82) is 0 Å². The summed E-state index contributed by atoms with van der Waals surface area (Å²) in [7, 11) is 2.14. The number of pyridine rings is 1. The molecule has 2 N–H and O–H groups in total. The monoisotopic (exact) mass is 417 g/mol. The van der Waals surface area contributed by atoms with Crippen molar-refractivity contribution in [2.45, 2.75) is 46.1 Å². The number of aryl methyl sites for hydroxylation is 1. The van der Waals surface area contributed by atoms with E-state index in [0.29, 0.717) is 24.3 Å². The van der Waals surface area contributed by atoms with Gasteiger partial charge < -0.3 is 19.7 Å². The molecule has 3 rings (SSSR count). The van der Waals surface area contributed by atoms with E-state index in [4.69, 9.17) is 0 Å². The Hall–Kier alpha value is -2.41. The predicted molar refractivity (Wildman–Crippen MR) is 119 cm³/mol. The molecule has 0 unspecified atom stereocenters. The van der Waals surface area contributed by atoms with Crippen molar-refractivity contribution in [3.05, 3.63) is 39.9 Å². The zero-order valence-corrected chi connectivity index (χ0v) is 18.4. The van der Waals surface area contributed by atoms with Crippen LogP contribution in [0.3, 0.4) is 0 Å². The van der Waals surface area contributed by atoms with E-state index in [1.165, 1.54) is 11.0 Å². The molecule has 7 heteroatoms. The Morgan fingerprint density at radius 3 is 2.57 bits per heavy atom. The minimum absolute atomic E-state index is 0.0789. The molecule has 1 aromatic carbocycles. The lowest BCUT2D eigenvalue weighted by Crippen LogP contribution is -3.12. The zero-order valence-electron chi connectivity index (χ0n) is 18.4. The number of unbranched alkanes of at least 4 members (excludes halogenated alkanes) is 3. The predicted octanol–water partition coefficient (Wildman–Crippen LogP) is 1.81. The van der Waals surface area contributed by atoms with Crippen LogP contribution in [0.1, 0.15) is 49.9 Å². The van der Waals surface area contributed by atoms with Crippen molar-refractivity contribution in [1.82, 2.24) is 9.88 Å². The lowest BCUT2D eigenvalue weighted by molar-refractivity contribution is -0.880. The standard InChI is InChI=1S/C23H33FN4O2/c1-4-6-7-8-9-25-23(30)18-16-27(5-2)20-15-21(19(24)14-17(20)22(18)29)28-12-10-26(3)11-13-28/h14-16H,4-13H2,1-3H3,(H,25,30)/p+1. The summed E-state index contributed by atoms with van der Waals surface area (Å²) in [6.45, 7) is 8.69. The molecule has 0 aliphatic carbocycles. The molecule has 0 spiro atoms. The van der Waals surface area contributed by atoms with Gasteiger partial charge in [0.05, 0.1) is 44.4 Å². The topological polar surface area (TPSA) is 58.8 Å². The van der Waals surface area contributed by atoms with Crippen LogP contribution < -0.4 is 20.5 Å². The third-order valence-corrected chi connectivity index (χ3v) is 6.01. The number of likely N-dealkylation sites (N-methyl/N-ethyl adjacent to an activating group) is 1. The van der Waals surface area contributed by atoms with Crippen molar-refractivity contribution in [3.63, 3.8) is 0 Å². The largest absolute Gasteiger partial charge is 0.358 e. The van der Waals surface area contributed by atoms with E-state index < -0.39 is 11.2 Å². The maximum Gasteiger partial charge on any atom is 0.256 e. The number of carbonyl (C=O) groups is 1. The van der Waals surface area contributed by atoms with Crippen LogP contribution in [0.25, 0.3) is 10.9 Å². The Labute approximate surface area is 177 Å². The Morgan fingerprint density at radius 1 is 1.17 bits per heavy atom. The molecule has 1 aliphatic heterocycles. The Morgan fingerprint density at radius 2 is 1.90 bits per heavy atom. The number of nitrogens with one attached hydrogen (secondary N) is 2. The van der Waals surface area contributed by atoms with Gasteiger partial charge in [0.1, 0.15) is 11.4 Å². The van der Waals surface area contributed by atoms with Crippen molar-refractivity contribution < 1.29 is 14.1 Å². The van der Waals surface area contributed by atoms with Gasteiger partial charge in [-0.3, -0.25) is 9.59 Å². The number of amides is 1. The van der Waals surface area contributed by atoms with E-state index in [0.717, 1.165) is 51.9 Å². The fourth-order valence-corrected chi connectivity index (χ4v) is 4.04. The highest BCUT2D eigenvalue weighted by Crippen LogP contribution is 2.25. The third kappa shape index (κ3) is 4.83. The smallest absolute Gasteiger partial charge is 0.256 e. The van der Waals surface area contributed by atoms with Gasteiger partial charge in [-0.15, -0.1) is 0 Å². The second kappa shape index (κ2) is 10.1. The van der Waals surface area contributed by atoms with Gasteiger partial charge in [-0.05, 0) is 25.5 Å². The highest BCUT2D eigenvalue weighted by atomic mass is 19.1. The molecule has 1 aliphatic rings. The molecule has 1 saturated heterocycles. The summed E-state index contributed by atoms with van der Waals surface area (Å²) in [6, 6.07) is 3.07. The number of quaternary nitrogens is 1. The maximum atomic E-state index is 15.0. The van der Waals surface area contributed by atoms with Gasteiger partial charge in [-0.2, -0.15) is 0 Å². The van der Waals surface area contributed by atoms with Crippen molar-refractivity contribution in [3.8, 4) is 0 Å². The number of halogens is 1. The Balaban J connectivity index is 1.91. The van der Waals surface area contributed by atoms with Gasteiger partial charge in [0.25, 0.3) is 5.91 Å². The van der Waals surface area contributed by atoms with Crippen molar-refractivity contribution in [2.75, 3.05) is 44.7 Å². The molecule has 6 nitrogen and oxygen atoms in total. The first kappa shape index (κ1) is 22.3. The molecule has 164 valence electrons. The zero-order chi connectivity index (χ0) is 21.7. The average molecular weight is 418 g/mol. The van der Waals surface area contributed by atoms with Crippen LogP contribution in [-0.4, -0.2) is 50.2 Å². The third-order valence-electron chi connectivity index (χ3n) is 6.01. The van der Waals surface area contributed by atoms with Crippen molar-refractivity contribution >= 4 is 22.5 Å². The highest BCUT2D eigenvalue weighted by molar-refractivity contribution is 5.97. The second-order valence-electron chi connectivity index (χ2n) is 8.24. The number of hydrogen-bond donors (Lipinski definition) is 2. The van der Waals surface area contributed by atoms with Crippen LogP contribution in [0.2, 0.25) is 0 Å². The average Bonchev–Trinajstić information content (AvgIpc) is 2.74. The van der Waals surface area contributed by atoms with Crippen LogP contribution in [0, 0.1) is 5.82 Å². The Bertz CT molecular complexity index is 948. The number of fused-ring (bicyclic) bond motifs is 1. The van der Waals surface area contributed by atoms with Crippen molar-refractivity contribution in [2.24, 2.45) is 0 Å². The first-order valence-electron chi connectivity index (χ1n) is 11.2. The van der Waals surface area contributed by atoms with Gasteiger partial charge in [0.2, 0.25) is 5.43 Å². The van der Waals surface area contributed by atoms with Crippen LogP contribution in [0.5, 0.6) is 0 Å². The number of aromatic nitrogens is 1. The van der Waals surface area contributed by atoms with Gasteiger partial charge in [-0.1, -0.05) is 26.2 Å². The van der Waals surface area contributed by atoms with Crippen LogP contribution in [0.15, 0.2) is 23.1 Å². The molecule has 1 aromatic heterocycles. The van der Waals surface area contributed by atoms with Gasteiger partial charge in [0, 0.05) is 24.7 Å². The normalized spacial score (nSPS) is 15.0. The molecule has 1 amide bonds. The molecule has 0 radical (unpaired) electrons. The van der Waals surface area contributed by atoms with Gasteiger partial charge >= 0.3 is 0 Å². The molecule has 0 saturated carbocycles. The number of nitrogens with zero attached hydrogens (tertiary/aromatic N) is 2. The minimum Gasteiger partial charge on any atom is -0.358 e. The highest BCUT2D eigenvalue weighted by Gasteiger charge is 2.22. The molecule has 1 fully saturated rings. The summed E-state index contributed by atoms with van der Waals surface area (Å²) >= 11 is 0. The van der Waals surface area contributed by atoms with Gasteiger partial charge in [0.15, 0.2) is 0 Å². The first-order valence-corrected chi connectivity index (χ1v) is 11.2. The summed E-state index contributed by atoms with van der Waals surface area (Å²) in [5, 5.41) is 3.10. The van der Waals surface area contributed by atoms with Crippen LogP contribution in [-0.2, 0) is 6.54 Å². The summed E-state index contributed by atoms with van der Waals surface area (Å²) in [5.41, 5.74) is 0.874. The molecule has 2 heterocycles. The van der Waals surface area contributed by atoms with Crippen LogP contribution in [0.4, 0.5) is 10.1 Å². The fourth-order valence-electron chi connectivity index (χ4n) is 4.04. The molecular formula is C23H34FN4O2+. The number of rotatable bonds is 8. The summed E-state index contributed by atoms with van der Waals surface area (Å²) in [4.78, 5) is 29.1. The molecular weight excluding hydrogens is 383 g/mol. The first-order chi connectivity index (χ1) is 14.5. The summed E-state index contributed by atoms with van der Waals surface area (Å²) in [5.74, 6) is -0.786. The van der Waals surface area contributed by atoms with Crippen LogP contribution >= 0.6 is 0 Å². The van der Waals surface area contributed by atoms with E-state index in [1.807, 2.05) is 16.4 Å².